The number of hydrogen-bond acceptors (Lipinski definition) is 4. The Labute approximate surface area is 150 Å². The normalized spacial score (nSPS) is 19.4. The molecule has 7 nitrogen and oxygen atoms in total. The van der Waals surface area contributed by atoms with Gasteiger partial charge in [0.15, 0.2) is 5.96 Å². The number of guanidine groups is 1. The van der Waals surface area contributed by atoms with Crippen LogP contribution in [0.5, 0.6) is 0 Å². The number of hydrogen-bond donors (Lipinski definition) is 3. The number of nitrogens with one attached hydrogen (secondary N) is 2. The summed E-state index contributed by atoms with van der Waals surface area (Å²) in [4.78, 5) is 17.7. The number of methoxy groups -OCH3 is 1. The molecule has 0 radical (unpaired) electrons. The smallest absolute Gasteiger partial charge is 0.221 e. The van der Waals surface area contributed by atoms with Gasteiger partial charge in [-0.15, -0.1) is 24.0 Å². The third-order valence-electron chi connectivity index (χ3n) is 3.67. The quantitative estimate of drug-likeness (QED) is 0.220. The van der Waals surface area contributed by atoms with Crippen molar-refractivity contribution in [3.05, 3.63) is 0 Å². The number of rotatable bonds is 8. The number of ether oxygens (including phenoxy) is 1. The van der Waals surface area contributed by atoms with Gasteiger partial charge in [0.2, 0.25) is 5.91 Å². The number of nitrogens with zero attached hydrogens (tertiary/aromatic N) is 2. The number of nitrogens with two attached hydrogens (primary N) is 1. The van der Waals surface area contributed by atoms with Crippen LogP contribution >= 0.6 is 24.0 Å². The number of likely N-dealkylation sites (tertiary alicyclic amines) is 1. The first kappa shape index (κ1) is 21.4. The molecule has 0 aliphatic carbocycles. The van der Waals surface area contributed by atoms with Gasteiger partial charge in [0, 0.05) is 33.8 Å². The van der Waals surface area contributed by atoms with E-state index in [1.165, 1.54) is 0 Å². The molecule has 0 spiro atoms. The Bertz CT molecular complexity index is 341. The van der Waals surface area contributed by atoms with Crippen LogP contribution in [0.4, 0.5) is 0 Å². The van der Waals surface area contributed by atoms with Gasteiger partial charge in [-0.05, 0) is 32.4 Å². The molecule has 22 heavy (non-hydrogen) atoms. The van der Waals surface area contributed by atoms with Gasteiger partial charge in [-0.1, -0.05) is 0 Å². The zero-order chi connectivity index (χ0) is 15.5. The average Bonchev–Trinajstić information content (AvgIpc) is 2.50. The molecule has 1 amide bonds. The molecule has 0 saturated carbocycles. The summed E-state index contributed by atoms with van der Waals surface area (Å²) in [6.45, 7) is 5.09. The minimum absolute atomic E-state index is 0. The van der Waals surface area contributed by atoms with Gasteiger partial charge in [-0.25, -0.2) is 0 Å². The summed E-state index contributed by atoms with van der Waals surface area (Å²) in [5.41, 5.74) is 5.39. The highest BCUT2D eigenvalue weighted by Gasteiger charge is 2.23. The molecular weight excluding hydrogens is 397 g/mol. The van der Waals surface area contributed by atoms with Crippen LogP contribution in [0.2, 0.25) is 0 Å². The summed E-state index contributed by atoms with van der Waals surface area (Å²) in [6, 6.07) is 0. The lowest BCUT2D eigenvalue weighted by Crippen LogP contribution is -2.43. The molecule has 1 fully saturated rings. The molecule has 0 aromatic heterocycles. The number of primary amides is 1. The first-order valence-electron chi connectivity index (χ1n) is 7.62. The van der Waals surface area contributed by atoms with Crippen molar-refractivity contribution in [1.29, 1.82) is 0 Å². The van der Waals surface area contributed by atoms with Gasteiger partial charge in [-0.3, -0.25) is 9.79 Å². The lowest BCUT2D eigenvalue weighted by molar-refractivity contribution is -0.123. The Balaban J connectivity index is 0.00000441. The van der Waals surface area contributed by atoms with Crippen molar-refractivity contribution in [2.45, 2.75) is 19.3 Å². The summed E-state index contributed by atoms with van der Waals surface area (Å²) in [7, 11) is 3.43. The summed E-state index contributed by atoms with van der Waals surface area (Å²) >= 11 is 0. The molecule has 4 N–H and O–H groups in total. The zero-order valence-electron chi connectivity index (χ0n) is 13.6. The van der Waals surface area contributed by atoms with Crippen LogP contribution in [0.25, 0.3) is 0 Å². The van der Waals surface area contributed by atoms with Crippen LogP contribution in [0, 0.1) is 5.92 Å². The number of amides is 1. The van der Waals surface area contributed by atoms with Gasteiger partial charge in [-0.2, -0.15) is 0 Å². The summed E-state index contributed by atoms with van der Waals surface area (Å²) in [5, 5.41) is 6.44. The second kappa shape index (κ2) is 12.9. The molecule has 1 aliphatic heterocycles. The van der Waals surface area contributed by atoms with Gasteiger partial charge >= 0.3 is 0 Å². The van der Waals surface area contributed by atoms with Crippen molar-refractivity contribution >= 4 is 35.8 Å². The van der Waals surface area contributed by atoms with Gasteiger partial charge in [0.1, 0.15) is 0 Å². The lowest BCUT2D eigenvalue weighted by atomic mass is 9.97. The highest BCUT2D eigenvalue weighted by atomic mass is 127. The monoisotopic (exact) mass is 427 g/mol. The molecule has 1 aliphatic rings. The highest BCUT2D eigenvalue weighted by molar-refractivity contribution is 14.0. The molecular formula is C14H30IN5O2. The fraction of sp³-hybridized carbons (Fsp3) is 0.857. The van der Waals surface area contributed by atoms with E-state index >= 15 is 0 Å². The van der Waals surface area contributed by atoms with Crippen molar-refractivity contribution in [3.63, 3.8) is 0 Å². The van der Waals surface area contributed by atoms with E-state index in [1.807, 2.05) is 0 Å². The summed E-state index contributed by atoms with van der Waals surface area (Å²) < 4.78 is 4.98. The van der Waals surface area contributed by atoms with Crippen molar-refractivity contribution in [2.24, 2.45) is 16.6 Å². The maximum absolute atomic E-state index is 11.2. The fourth-order valence-electron chi connectivity index (χ4n) is 2.49. The molecule has 1 atom stereocenters. The maximum atomic E-state index is 11.2. The van der Waals surface area contributed by atoms with Gasteiger partial charge in [0.05, 0.1) is 12.5 Å². The number of carbonyl (C=O) groups excluding carboxylic acids is 1. The summed E-state index contributed by atoms with van der Waals surface area (Å²) in [5.74, 6) is 0.650. The fourth-order valence-corrected chi connectivity index (χ4v) is 2.49. The largest absolute Gasteiger partial charge is 0.383 e. The number of carbonyl (C=O) groups is 1. The number of halogens is 1. The third kappa shape index (κ3) is 8.74. The van der Waals surface area contributed by atoms with E-state index in [-0.39, 0.29) is 35.8 Å². The van der Waals surface area contributed by atoms with Crippen LogP contribution in [0.15, 0.2) is 4.99 Å². The lowest BCUT2D eigenvalue weighted by Gasteiger charge is -2.31. The van der Waals surface area contributed by atoms with Crippen LogP contribution < -0.4 is 16.4 Å². The SMILES string of the molecule is CN=C(NCCCN1CCCC(C(N)=O)C1)NCCOC.I. The minimum atomic E-state index is -0.166. The Hall–Kier alpha value is -0.610. The predicted octanol–water partition coefficient (Wildman–Crippen LogP) is 0.00320. The van der Waals surface area contributed by atoms with E-state index < -0.39 is 0 Å². The Kier molecular flexibility index (Phi) is 12.5. The van der Waals surface area contributed by atoms with Crippen molar-refractivity contribution in [1.82, 2.24) is 15.5 Å². The molecule has 1 unspecified atom stereocenters. The second-order valence-corrected chi connectivity index (χ2v) is 5.31. The molecule has 130 valence electrons. The molecule has 1 rings (SSSR count). The zero-order valence-corrected chi connectivity index (χ0v) is 16.0. The number of aliphatic imine (C=N–C) groups is 1. The number of piperidine rings is 1. The van der Waals surface area contributed by atoms with Gasteiger partial charge in [0.25, 0.3) is 0 Å². The van der Waals surface area contributed by atoms with E-state index in [0.29, 0.717) is 6.61 Å². The maximum Gasteiger partial charge on any atom is 0.221 e. The molecule has 0 aromatic rings. The molecule has 1 saturated heterocycles. The van der Waals surface area contributed by atoms with E-state index in [9.17, 15) is 4.79 Å². The third-order valence-corrected chi connectivity index (χ3v) is 3.67. The molecule has 1 heterocycles. The first-order valence-corrected chi connectivity index (χ1v) is 7.62. The van der Waals surface area contributed by atoms with E-state index in [2.05, 4.69) is 20.5 Å². The van der Waals surface area contributed by atoms with E-state index in [1.54, 1.807) is 14.2 Å². The molecule has 8 heteroatoms. The topological polar surface area (TPSA) is 92.0 Å². The minimum Gasteiger partial charge on any atom is -0.383 e. The van der Waals surface area contributed by atoms with Crippen LogP contribution in [-0.4, -0.2) is 70.3 Å². The van der Waals surface area contributed by atoms with Gasteiger partial charge < -0.3 is 26.0 Å². The van der Waals surface area contributed by atoms with Crippen molar-refractivity contribution in [3.8, 4) is 0 Å². The van der Waals surface area contributed by atoms with Crippen molar-refractivity contribution < 1.29 is 9.53 Å². The standard InChI is InChI=1S/C14H29N5O2.HI/c1-16-14(18-7-10-21-2)17-6-4-9-19-8-3-5-12(11-19)13(15)20;/h12H,3-11H2,1-2H3,(H2,15,20)(H2,16,17,18);1H. The molecule has 0 aromatic carbocycles. The average molecular weight is 427 g/mol. The Morgan fingerprint density at radius 1 is 1.41 bits per heavy atom. The molecule has 0 bridgehead atoms. The Morgan fingerprint density at radius 2 is 2.14 bits per heavy atom. The predicted molar refractivity (Wildman–Crippen MR) is 99.6 cm³/mol. The van der Waals surface area contributed by atoms with Crippen molar-refractivity contribution in [2.75, 3.05) is 53.5 Å². The first-order chi connectivity index (χ1) is 10.2. The summed E-state index contributed by atoms with van der Waals surface area (Å²) in [6.07, 6.45) is 3.00. The van der Waals surface area contributed by atoms with Crippen LogP contribution in [0.1, 0.15) is 19.3 Å². The Morgan fingerprint density at radius 3 is 2.77 bits per heavy atom. The van der Waals surface area contributed by atoms with E-state index in [4.69, 9.17) is 10.5 Å². The van der Waals surface area contributed by atoms with Crippen LogP contribution in [-0.2, 0) is 9.53 Å². The second-order valence-electron chi connectivity index (χ2n) is 5.31. The van der Waals surface area contributed by atoms with Crippen LogP contribution in [0.3, 0.4) is 0 Å². The van der Waals surface area contributed by atoms with E-state index in [0.717, 1.165) is 57.9 Å². The highest BCUT2D eigenvalue weighted by Crippen LogP contribution is 2.15.